The number of anilines is 1. The molecule has 1 aromatic heterocycles. The fraction of sp³-hybridized carbons (Fsp3) is 0.333. The van der Waals surface area contributed by atoms with Gasteiger partial charge in [-0.1, -0.05) is 43.8 Å². The number of H-pyrrole nitrogens is 1. The quantitative estimate of drug-likeness (QED) is 0.550. The van der Waals surface area contributed by atoms with Crippen LogP contribution in [-0.2, 0) is 4.79 Å². The lowest BCUT2D eigenvalue weighted by atomic mass is 10.0. The molecule has 6 heteroatoms. The summed E-state index contributed by atoms with van der Waals surface area (Å²) < 4.78 is 5.52. The molecule has 0 aliphatic heterocycles. The number of imidazole rings is 1. The van der Waals surface area contributed by atoms with Crippen molar-refractivity contribution in [3.05, 3.63) is 48.0 Å². The van der Waals surface area contributed by atoms with Gasteiger partial charge in [0.25, 0.3) is 0 Å². The predicted octanol–water partition coefficient (Wildman–Crippen LogP) is 5.20. The van der Waals surface area contributed by atoms with Crippen LogP contribution in [0.3, 0.4) is 0 Å². The first-order chi connectivity index (χ1) is 13.0. The molecule has 0 radical (unpaired) electrons. The fourth-order valence-corrected chi connectivity index (χ4v) is 3.67. The topological polar surface area (TPSA) is 67.0 Å². The minimum absolute atomic E-state index is 0.0384. The van der Waals surface area contributed by atoms with E-state index in [0.29, 0.717) is 12.5 Å². The Balaban J connectivity index is 1.70. The number of amides is 1. The van der Waals surface area contributed by atoms with Crippen LogP contribution >= 0.6 is 11.8 Å². The van der Waals surface area contributed by atoms with Crippen molar-refractivity contribution in [3.8, 4) is 5.75 Å². The average molecular weight is 384 g/mol. The Morgan fingerprint density at radius 3 is 2.74 bits per heavy atom. The number of fused-ring (bicyclic) bond motifs is 1. The Kier molecular flexibility index (Phi) is 6.06. The van der Waals surface area contributed by atoms with E-state index < -0.39 is 0 Å². The lowest BCUT2D eigenvalue weighted by Gasteiger charge is -2.15. The molecular formula is C21H25N3O2S. The molecule has 0 saturated carbocycles. The first-order valence-corrected chi connectivity index (χ1v) is 10.0. The molecule has 0 aliphatic carbocycles. The summed E-state index contributed by atoms with van der Waals surface area (Å²) in [6.45, 7) is 8.70. The number of nitrogens with zero attached hydrogens (tertiary/aromatic N) is 1. The third-order valence-corrected chi connectivity index (χ3v) is 5.23. The van der Waals surface area contributed by atoms with Crippen LogP contribution in [0.15, 0.2) is 47.6 Å². The van der Waals surface area contributed by atoms with Crippen molar-refractivity contribution in [1.82, 2.24) is 9.97 Å². The zero-order chi connectivity index (χ0) is 19.4. The molecule has 0 saturated heterocycles. The normalized spacial score (nSPS) is 12.3. The van der Waals surface area contributed by atoms with Crippen LogP contribution in [0.5, 0.6) is 5.75 Å². The third kappa shape index (κ3) is 4.63. The molecule has 1 amide bonds. The monoisotopic (exact) mass is 383 g/mol. The maximum absolute atomic E-state index is 12.7. The van der Waals surface area contributed by atoms with Gasteiger partial charge in [0.05, 0.1) is 22.9 Å². The largest absolute Gasteiger partial charge is 0.494 e. The van der Waals surface area contributed by atoms with Crippen LogP contribution in [0.4, 0.5) is 5.69 Å². The number of rotatable bonds is 7. The molecule has 0 bridgehead atoms. The van der Waals surface area contributed by atoms with E-state index in [0.717, 1.165) is 33.2 Å². The Morgan fingerprint density at radius 1 is 1.22 bits per heavy atom. The molecule has 3 aromatic rings. The van der Waals surface area contributed by atoms with E-state index in [2.05, 4.69) is 29.1 Å². The van der Waals surface area contributed by atoms with E-state index >= 15 is 0 Å². The highest BCUT2D eigenvalue weighted by molar-refractivity contribution is 8.00. The molecule has 0 spiro atoms. The highest BCUT2D eigenvalue weighted by atomic mass is 32.2. The van der Waals surface area contributed by atoms with Crippen molar-refractivity contribution in [2.24, 2.45) is 0 Å². The van der Waals surface area contributed by atoms with Gasteiger partial charge in [0.1, 0.15) is 5.75 Å². The second-order valence-corrected chi connectivity index (χ2v) is 7.97. The summed E-state index contributed by atoms with van der Waals surface area (Å²) in [5.74, 6) is 1.12. The second-order valence-electron chi connectivity index (χ2n) is 6.65. The van der Waals surface area contributed by atoms with Crippen molar-refractivity contribution in [3.63, 3.8) is 0 Å². The van der Waals surface area contributed by atoms with Gasteiger partial charge in [0.2, 0.25) is 5.91 Å². The zero-order valence-electron chi connectivity index (χ0n) is 16.1. The van der Waals surface area contributed by atoms with Crippen LogP contribution in [0, 0.1) is 0 Å². The van der Waals surface area contributed by atoms with Crippen molar-refractivity contribution in [1.29, 1.82) is 0 Å². The Hall–Kier alpha value is -2.47. The third-order valence-electron chi connectivity index (χ3n) is 4.24. The second kappa shape index (κ2) is 8.48. The first-order valence-electron chi connectivity index (χ1n) is 9.17. The van der Waals surface area contributed by atoms with Crippen LogP contribution in [0.2, 0.25) is 0 Å². The molecule has 2 aromatic carbocycles. The summed E-state index contributed by atoms with van der Waals surface area (Å²) in [7, 11) is 0. The van der Waals surface area contributed by atoms with E-state index in [4.69, 9.17) is 4.74 Å². The maximum atomic E-state index is 12.7. The molecular weight excluding hydrogens is 358 g/mol. The number of hydrogen-bond donors (Lipinski definition) is 2. The number of nitrogens with one attached hydrogen (secondary N) is 2. The van der Waals surface area contributed by atoms with Gasteiger partial charge in [-0.05, 0) is 43.5 Å². The van der Waals surface area contributed by atoms with E-state index in [9.17, 15) is 4.79 Å². The molecule has 0 aliphatic rings. The van der Waals surface area contributed by atoms with E-state index in [1.807, 2.05) is 56.3 Å². The van der Waals surface area contributed by atoms with Crippen molar-refractivity contribution in [2.75, 3.05) is 11.9 Å². The van der Waals surface area contributed by atoms with Crippen molar-refractivity contribution in [2.45, 2.75) is 44.0 Å². The molecule has 142 valence electrons. The Labute approximate surface area is 163 Å². The van der Waals surface area contributed by atoms with Crippen molar-refractivity contribution >= 4 is 34.4 Å². The summed E-state index contributed by atoms with van der Waals surface area (Å²) in [4.78, 5) is 20.5. The number of aromatic amines is 1. The highest BCUT2D eigenvalue weighted by Gasteiger charge is 2.18. The summed E-state index contributed by atoms with van der Waals surface area (Å²) in [6.07, 6.45) is 0. The number of carbonyl (C=O) groups is 1. The molecule has 3 rings (SSSR count). The van der Waals surface area contributed by atoms with Crippen LogP contribution in [-0.4, -0.2) is 27.7 Å². The molecule has 5 nitrogen and oxygen atoms in total. The standard InChI is InChI=1S/C21H25N3O2S/c1-5-26-15-10-11-18-19(12-15)24-21(23-18)27-14(4)20(25)22-17-9-7-6-8-16(17)13(2)3/h6-14H,5H2,1-4H3,(H,22,25)(H,23,24). The summed E-state index contributed by atoms with van der Waals surface area (Å²) in [5, 5.41) is 3.49. The minimum atomic E-state index is -0.280. The summed E-state index contributed by atoms with van der Waals surface area (Å²) >= 11 is 1.41. The number of carbonyl (C=O) groups excluding carboxylic acids is 1. The molecule has 2 N–H and O–H groups in total. The summed E-state index contributed by atoms with van der Waals surface area (Å²) in [6, 6.07) is 13.7. The van der Waals surface area contributed by atoms with Gasteiger partial charge in [-0.15, -0.1) is 0 Å². The van der Waals surface area contributed by atoms with Gasteiger partial charge in [-0.2, -0.15) is 0 Å². The van der Waals surface area contributed by atoms with Crippen molar-refractivity contribution < 1.29 is 9.53 Å². The first kappa shape index (κ1) is 19.3. The van der Waals surface area contributed by atoms with Crippen LogP contribution < -0.4 is 10.1 Å². The Bertz CT molecular complexity index is 936. The number of hydrogen-bond acceptors (Lipinski definition) is 4. The lowest BCUT2D eigenvalue weighted by Crippen LogP contribution is -2.23. The van der Waals surface area contributed by atoms with E-state index in [-0.39, 0.29) is 11.2 Å². The lowest BCUT2D eigenvalue weighted by molar-refractivity contribution is -0.115. The van der Waals surface area contributed by atoms with Gasteiger partial charge in [-0.25, -0.2) is 4.98 Å². The van der Waals surface area contributed by atoms with E-state index in [1.54, 1.807) is 0 Å². The van der Waals surface area contributed by atoms with Gasteiger partial charge in [0.15, 0.2) is 5.16 Å². The zero-order valence-corrected chi connectivity index (χ0v) is 16.9. The smallest absolute Gasteiger partial charge is 0.237 e. The van der Waals surface area contributed by atoms with E-state index in [1.165, 1.54) is 11.8 Å². The molecule has 1 unspecified atom stereocenters. The minimum Gasteiger partial charge on any atom is -0.494 e. The molecule has 0 fully saturated rings. The number of thioether (sulfide) groups is 1. The maximum Gasteiger partial charge on any atom is 0.237 e. The summed E-state index contributed by atoms with van der Waals surface area (Å²) in [5.41, 5.74) is 3.77. The molecule has 27 heavy (non-hydrogen) atoms. The highest BCUT2D eigenvalue weighted by Crippen LogP contribution is 2.28. The number of ether oxygens (including phenoxy) is 1. The SMILES string of the molecule is CCOc1ccc2nc(SC(C)C(=O)Nc3ccccc3C(C)C)[nH]c2c1. The number of para-hydroxylation sites is 1. The Morgan fingerprint density at radius 2 is 2.00 bits per heavy atom. The number of aromatic nitrogens is 2. The van der Waals surface area contributed by atoms with Crippen LogP contribution in [0.25, 0.3) is 11.0 Å². The molecule has 1 heterocycles. The van der Waals surface area contributed by atoms with Gasteiger partial charge >= 0.3 is 0 Å². The van der Waals surface area contributed by atoms with Gasteiger partial charge in [-0.3, -0.25) is 4.79 Å². The van der Waals surface area contributed by atoms with Gasteiger partial charge in [0, 0.05) is 11.8 Å². The molecule has 1 atom stereocenters. The van der Waals surface area contributed by atoms with Gasteiger partial charge < -0.3 is 15.0 Å². The number of benzene rings is 2. The fourth-order valence-electron chi connectivity index (χ4n) is 2.85. The average Bonchev–Trinajstić information content (AvgIpc) is 3.03. The predicted molar refractivity (Wildman–Crippen MR) is 112 cm³/mol. The van der Waals surface area contributed by atoms with Crippen LogP contribution in [0.1, 0.15) is 39.2 Å².